The van der Waals surface area contributed by atoms with Crippen LogP contribution in [0.5, 0.6) is 0 Å². The number of nitrogens with one attached hydrogen (secondary N) is 2. The molecule has 1 heterocycles. The minimum absolute atomic E-state index is 0.203. The number of hydrogen-bond donors (Lipinski definition) is 2. The summed E-state index contributed by atoms with van der Waals surface area (Å²) in [6.45, 7) is 16.2. The predicted octanol–water partition coefficient (Wildman–Crippen LogP) is 2.64. The standard InChI is InChI=1S/C22H38N4O2/c1-5-23-22(24-13-19-7-9-20(10-8-19)17-27-6-2)25-14-21-16-26(11-12-28-21)15-18(3)4/h7-10,18,21H,5-6,11-17H2,1-4H3,(H2,23,24,25). The number of guanidine groups is 1. The summed E-state index contributed by atoms with van der Waals surface area (Å²) in [5.74, 6) is 1.52. The van der Waals surface area contributed by atoms with Crippen LogP contribution in [0.15, 0.2) is 29.3 Å². The average molecular weight is 391 g/mol. The zero-order chi connectivity index (χ0) is 20.2. The number of hydrogen-bond acceptors (Lipinski definition) is 4. The summed E-state index contributed by atoms with van der Waals surface area (Å²) in [4.78, 5) is 7.22. The Bertz CT molecular complexity index is 574. The van der Waals surface area contributed by atoms with E-state index in [9.17, 15) is 0 Å². The molecule has 0 saturated carbocycles. The quantitative estimate of drug-likeness (QED) is 0.475. The van der Waals surface area contributed by atoms with Crippen LogP contribution in [-0.2, 0) is 22.6 Å². The molecular weight excluding hydrogens is 352 g/mol. The maximum Gasteiger partial charge on any atom is 0.191 e. The van der Waals surface area contributed by atoms with Gasteiger partial charge in [-0.3, -0.25) is 4.90 Å². The summed E-state index contributed by atoms with van der Waals surface area (Å²) < 4.78 is 11.4. The van der Waals surface area contributed by atoms with Gasteiger partial charge in [0.15, 0.2) is 5.96 Å². The first-order valence-electron chi connectivity index (χ1n) is 10.6. The Labute approximate surface area is 170 Å². The van der Waals surface area contributed by atoms with Gasteiger partial charge in [0.2, 0.25) is 0 Å². The number of morpholine rings is 1. The van der Waals surface area contributed by atoms with Crippen molar-refractivity contribution in [3.63, 3.8) is 0 Å². The molecule has 1 aliphatic rings. The van der Waals surface area contributed by atoms with Crippen LogP contribution in [0.1, 0.15) is 38.8 Å². The predicted molar refractivity (Wildman–Crippen MR) is 116 cm³/mol. The van der Waals surface area contributed by atoms with Crippen molar-refractivity contribution in [2.24, 2.45) is 10.9 Å². The highest BCUT2D eigenvalue weighted by molar-refractivity contribution is 5.79. The first-order valence-corrected chi connectivity index (χ1v) is 10.6. The Morgan fingerprint density at radius 1 is 1.21 bits per heavy atom. The molecule has 0 aromatic heterocycles. The largest absolute Gasteiger partial charge is 0.377 e. The molecule has 0 radical (unpaired) electrons. The number of nitrogens with zero attached hydrogens (tertiary/aromatic N) is 2. The minimum Gasteiger partial charge on any atom is -0.377 e. The van der Waals surface area contributed by atoms with E-state index >= 15 is 0 Å². The van der Waals surface area contributed by atoms with Crippen LogP contribution in [0.2, 0.25) is 0 Å². The van der Waals surface area contributed by atoms with Crippen LogP contribution >= 0.6 is 0 Å². The molecule has 0 aliphatic carbocycles. The monoisotopic (exact) mass is 390 g/mol. The van der Waals surface area contributed by atoms with E-state index in [0.717, 1.165) is 51.9 Å². The van der Waals surface area contributed by atoms with Crippen molar-refractivity contribution < 1.29 is 9.47 Å². The molecule has 6 nitrogen and oxygen atoms in total. The van der Waals surface area contributed by atoms with E-state index in [2.05, 4.69) is 60.6 Å². The van der Waals surface area contributed by atoms with Gasteiger partial charge in [-0.2, -0.15) is 0 Å². The molecule has 1 saturated heterocycles. The van der Waals surface area contributed by atoms with Gasteiger partial charge in [-0.15, -0.1) is 0 Å². The second-order valence-corrected chi connectivity index (χ2v) is 7.68. The van der Waals surface area contributed by atoms with Crippen LogP contribution in [0.25, 0.3) is 0 Å². The van der Waals surface area contributed by atoms with Gasteiger partial charge in [-0.05, 0) is 30.9 Å². The summed E-state index contributed by atoms with van der Waals surface area (Å²) in [7, 11) is 0. The van der Waals surface area contributed by atoms with Gasteiger partial charge in [0, 0.05) is 39.3 Å². The van der Waals surface area contributed by atoms with Gasteiger partial charge in [-0.1, -0.05) is 38.1 Å². The number of rotatable bonds is 10. The second-order valence-electron chi connectivity index (χ2n) is 7.68. The molecule has 0 bridgehead atoms. The summed E-state index contributed by atoms with van der Waals surface area (Å²) in [5, 5.41) is 6.77. The molecule has 158 valence electrons. The molecule has 0 amide bonds. The molecule has 2 N–H and O–H groups in total. The van der Waals surface area contributed by atoms with Gasteiger partial charge in [0.1, 0.15) is 0 Å². The first-order chi connectivity index (χ1) is 13.6. The first kappa shape index (κ1) is 22.7. The van der Waals surface area contributed by atoms with Gasteiger partial charge in [0.05, 0.1) is 25.9 Å². The lowest BCUT2D eigenvalue weighted by Crippen LogP contribution is -2.50. The number of ether oxygens (including phenoxy) is 2. The molecular formula is C22H38N4O2. The van der Waals surface area contributed by atoms with Crippen molar-refractivity contribution in [1.29, 1.82) is 0 Å². The molecule has 6 heteroatoms. The summed E-state index contributed by atoms with van der Waals surface area (Å²) >= 11 is 0. The third kappa shape index (κ3) is 8.59. The van der Waals surface area contributed by atoms with Gasteiger partial charge in [0.25, 0.3) is 0 Å². The Morgan fingerprint density at radius 2 is 1.96 bits per heavy atom. The lowest BCUT2D eigenvalue weighted by Gasteiger charge is -2.34. The summed E-state index contributed by atoms with van der Waals surface area (Å²) in [6, 6.07) is 8.46. The van der Waals surface area contributed by atoms with Crippen molar-refractivity contribution >= 4 is 5.96 Å². The highest BCUT2D eigenvalue weighted by Crippen LogP contribution is 2.08. The van der Waals surface area contributed by atoms with E-state index in [1.807, 2.05) is 6.92 Å². The number of benzene rings is 1. The molecule has 1 aromatic rings. The Kier molecular flexibility index (Phi) is 10.3. The van der Waals surface area contributed by atoms with Crippen LogP contribution in [0.4, 0.5) is 0 Å². The smallest absolute Gasteiger partial charge is 0.191 e. The third-order valence-electron chi connectivity index (χ3n) is 4.60. The average Bonchev–Trinajstić information content (AvgIpc) is 2.69. The second kappa shape index (κ2) is 12.8. The zero-order valence-corrected chi connectivity index (χ0v) is 18.0. The van der Waals surface area contributed by atoms with Crippen LogP contribution in [0, 0.1) is 5.92 Å². The van der Waals surface area contributed by atoms with E-state index in [-0.39, 0.29) is 6.10 Å². The Morgan fingerprint density at radius 3 is 2.64 bits per heavy atom. The van der Waals surface area contributed by atoms with Crippen molar-refractivity contribution in [3.05, 3.63) is 35.4 Å². The lowest BCUT2D eigenvalue weighted by molar-refractivity contribution is -0.0284. The van der Waals surface area contributed by atoms with E-state index in [1.165, 1.54) is 11.1 Å². The van der Waals surface area contributed by atoms with Crippen molar-refractivity contribution in [3.8, 4) is 0 Å². The maximum atomic E-state index is 5.93. The molecule has 1 fully saturated rings. The zero-order valence-electron chi connectivity index (χ0n) is 18.0. The van der Waals surface area contributed by atoms with Crippen molar-refractivity contribution in [1.82, 2.24) is 15.5 Å². The van der Waals surface area contributed by atoms with Crippen LogP contribution < -0.4 is 10.6 Å². The molecule has 1 atom stereocenters. The fraction of sp³-hybridized carbons (Fsp3) is 0.682. The van der Waals surface area contributed by atoms with Crippen molar-refractivity contribution in [2.45, 2.75) is 47.0 Å². The molecule has 28 heavy (non-hydrogen) atoms. The molecule has 2 rings (SSSR count). The third-order valence-corrected chi connectivity index (χ3v) is 4.60. The number of aliphatic imine (C=N–C) groups is 1. The lowest BCUT2D eigenvalue weighted by atomic mass is 10.1. The van der Waals surface area contributed by atoms with Gasteiger partial charge >= 0.3 is 0 Å². The van der Waals surface area contributed by atoms with E-state index < -0.39 is 0 Å². The minimum atomic E-state index is 0.203. The molecule has 1 aromatic carbocycles. The van der Waals surface area contributed by atoms with Gasteiger partial charge < -0.3 is 20.1 Å². The normalized spacial score (nSPS) is 18.5. The maximum absolute atomic E-state index is 5.93. The summed E-state index contributed by atoms with van der Waals surface area (Å²) in [6.07, 6.45) is 0.203. The van der Waals surface area contributed by atoms with Crippen molar-refractivity contribution in [2.75, 3.05) is 45.9 Å². The van der Waals surface area contributed by atoms with Crippen LogP contribution in [-0.4, -0.2) is 62.9 Å². The Balaban J connectivity index is 1.83. The topological polar surface area (TPSA) is 58.1 Å². The summed E-state index contributed by atoms with van der Waals surface area (Å²) in [5.41, 5.74) is 2.38. The van der Waals surface area contributed by atoms with E-state index in [0.29, 0.717) is 19.1 Å². The Hall–Kier alpha value is -1.63. The SMILES string of the molecule is CCNC(=NCc1ccc(COCC)cc1)NCC1CN(CC(C)C)CCO1. The highest BCUT2D eigenvalue weighted by atomic mass is 16.5. The molecule has 1 unspecified atom stereocenters. The fourth-order valence-electron chi connectivity index (χ4n) is 3.27. The highest BCUT2D eigenvalue weighted by Gasteiger charge is 2.21. The van der Waals surface area contributed by atoms with E-state index in [1.54, 1.807) is 0 Å². The molecule has 1 aliphatic heterocycles. The van der Waals surface area contributed by atoms with E-state index in [4.69, 9.17) is 14.5 Å². The van der Waals surface area contributed by atoms with Crippen LogP contribution in [0.3, 0.4) is 0 Å². The fourth-order valence-corrected chi connectivity index (χ4v) is 3.27. The van der Waals surface area contributed by atoms with Gasteiger partial charge in [-0.25, -0.2) is 4.99 Å². The molecule has 0 spiro atoms.